The van der Waals surface area contributed by atoms with Crippen LogP contribution in [0.3, 0.4) is 0 Å². The maximum atomic E-state index is 13.3. The first-order valence-corrected chi connectivity index (χ1v) is 11.6. The number of halogens is 1. The highest BCUT2D eigenvalue weighted by Gasteiger charge is 2.25. The second-order valence-corrected chi connectivity index (χ2v) is 8.58. The Balaban J connectivity index is 1.52. The summed E-state index contributed by atoms with van der Waals surface area (Å²) in [5, 5.41) is 4.56. The molecule has 1 fully saturated rings. The summed E-state index contributed by atoms with van der Waals surface area (Å²) in [6.07, 6.45) is 0.849. The molecule has 176 valence electrons. The molecule has 4 rings (SSSR count). The predicted octanol–water partition coefficient (Wildman–Crippen LogP) is 5.41. The van der Waals surface area contributed by atoms with Gasteiger partial charge in [-0.1, -0.05) is 23.7 Å². The molecule has 2 heterocycles. The first kappa shape index (κ1) is 23.4. The molecule has 0 unspecified atom stereocenters. The Labute approximate surface area is 199 Å². The molecule has 1 aliphatic heterocycles. The minimum Gasteiger partial charge on any atom is -0.493 e. The van der Waals surface area contributed by atoms with Crippen LogP contribution in [0, 0.1) is 0 Å². The number of rotatable bonds is 8. The summed E-state index contributed by atoms with van der Waals surface area (Å²) < 4.78 is 17.0. The summed E-state index contributed by atoms with van der Waals surface area (Å²) >= 11 is 5.99. The second-order valence-electron chi connectivity index (χ2n) is 8.14. The molecule has 0 saturated carbocycles. The van der Waals surface area contributed by atoms with Crippen LogP contribution in [-0.4, -0.2) is 62.3 Å². The Morgan fingerprint density at radius 1 is 1.21 bits per heavy atom. The lowest BCUT2D eigenvalue weighted by molar-refractivity contribution is 0.0361. The fraction of sp³-hybridized carbons (Fsp3) is 0.400. The number of nitrogens with one attached hydrogen (secondary N) is 1. The van der Waals surface area contributed by atoms with Gasteiger partial charge in [-0.3, -0.25) is 4.90 Å². The van der Waals surface area contributed by atoms with Crippen LogP contribution in [0.4, 0.5) is 10.5 Å². The number of hydrogen-bond acceptors (Lipinski definition) is 5. The Morgan fingerprint density at radius 3 is 2.70 bits per heavy atom. The molecule has 0 aliphatic carbocycles. The van der Waals surface area contributed by atoms with Crippen molar-refractivity contribution in [2.75, 3.05) is 51.8 Å². The Bertz CT molecular complexity index is 1060. The van der Waals surface area contributed by atoms with E-state index in [2.05, 4.69) is 10.2 Å². The van der Waals surface area contributed by atoms with Gasteiger partial charge < -0.3 is 24.1 Å². The molecule has 33 heavy (non-hydrogen) atoms. The van der Waals surface area contributed by atoms with Crippen LogP contribution in [0.15, 0.2) is 52.9 Å². The first-order valence-electron chi connectivity index (χ1n) is 11.2. The van der Waals surface area contributed by atoms with Crippen molar-refractivity contribution in [1.29, 1.82) is 0 Å². The van der Waals surface area contributed by atoms with Gasteiger partial charge in [0, 0.05) is 42.3 Å². The molecule has 2 aromatic carbocycles. The largest absolute Gasteiger partial charge is 0.493 e. The molecule has 2 amide bonds. The topological polar surface area (TPSA) is 67.2 Å². The molecule has 0 spiro atoms. The molecule has 1 N–H and O–H groups in total. The normalized spacial score (nSPS) is 15.4. The maximum Gasteiger partial charge on any atom is 0.322 e. The van der Waals surface area contributed by atoms with E-state index in [1.165, 1.54) is 0 Å². The minimum absolute atomic E-state index is 0.181. The fourth-order valence-electron chi connectivity index (χ4n) is 4.07. The molecule has 1 aliphatic rings. The number of amides is 2. The summed E-state index contributed by atoms with van der Waals surface area (Å²) in [6.45, 7) is 6.86. The number of hydrogen-bond donors (Lipinski definition) is 1. The van der Waals surface area contributed by atoms with E-state index >= 15 is 0 Å². The van der Waals surface area contributed by atoms with Crippen molar-refractivity contribution in [3.63, 3.8) is 0 Å². The summed E-state index contributed by atoms with van der Waals surface area (Å²) in [5.41, 5.74) is 1.38. The molecule has 0 bridgehead atoms. The van der Waals surface area contributed by atoms with Crippen molar-refractivity contribution < 1.29 is 18.7 Å². The van der Waals surface area contributed by atoms with E-state index in [4.69, 9.17) is 25.5 Å². The summed E-state index contributed by atoms with van der Waals surface area (Å²) in [7, 11) is 1.62. The van der Waals surface area contributed by atoms with E-state index in [0.29, 0.717) is 34.3 Å². The van der Waals surface area contributed by atoms with E-state index in [0.717, 1.165) is 44.7 Å². The molecule has 0 radical (unpaired) electrons. The van der Waals surface area contributed by atoms with Gasteiger partial charge in [0.25, 0.3) is 0 Å². The SMILES string of the molecule is COc1cccc2cc([C@@H](C)N(CCCN3CCOCC3)C(=O)Nc3ccc(Cl)cc3)oc12. The maximum absolute atomic E-state index is 13.3. The third-order valence-electron chi connectivity index (χ3n) is 5.96. The number of nitrogens with zero attached hydrogens (tertiary/aromatic N) is 2. The quantitative estimate of drug-likeness (QED) is 0.475. The first-order chi connectivity index (χ1) is 16.0. The van der Waals surface area contributed by atoms with Gasteiger partial charge in [0.15, 0.2) is 11.3 Å². The highest BCUT2D eigenvalue weighted by atomic mass is 35.5. The number of carbonyl (C=O) groups excluding carboxylic acids is 1. The Hall–Kier alpha value is -2.74. The molecule has 1 saturated heterocycles. The predicted molar refractivity (Wildman–Crippen MR) is 130 cm³/mol. The van der Waals surface area contributed by atoms with Crippen LogP contribution < -0.4 is 10.1 Å². The molecular formula is C25H30ClN3O4. The number of methoxy groups -OCH3 is 1. The van der Waals surface area contributed by atoms with Crippen LogP contribution in [0.5, 0.6) is 5.75 Å². The van der Waals surface area contributed by atoms with Gasteiger partial charge in [-0.15, -0.1) is 0 Å². The van der Waals surface area contributed by atoms with Crippen molar-refractivity contribution >= 4 is 34.3 Å². The zero-order valence-electron chi connectivity index (χ0n) is 19.1. The van der Waals surface area contributed by atoms with E-state index < -0.39 is 0 Å². The van der Waals surface area contributed by atoms with Crippen molar-refractivity contribution in [1.82, 2.24) is 9.80 Å². The summed E-state index contributed by atoms with van der Waals surface area (Å²) in [6, 6.07) is 14.4. The van der Waals surface area contributed by atoms with Crippen molar-refractivity contribution in [2.24, 2.45) is 0 Å². The molecule has 1 atom stereocenters. The number of para-hydroxylation sites is 1. The number of furan rings is 1. The molecule has 1 aromatic heterocycles. The number of carbonyl (C=O) groups is 1. The van der Waals surface area contributed by atoms with E-state index in [1.807, 2.05) is 36.1 Å². The minimum atomic E-state index is -0.265. The van der Waals surface area contributed by atoms with Gasteiger partial charge in [0.05, 0.1) is 26.4 Å². The van der Waals surface area contributed by atoms with E-state index in [9.17, 15) is 4.79 Å². The highest BCUT2D eigenvalue weighted by molar-refractivity contribution is 6.30. The zero-order chi connectivity index (χ0) is 23.2. The lowest BCUT2D eigenvalue weighted by Gasteiger charge is -2.31. The summed E-state index contributed by atoms with van der Waals surface area (Å²) in [4.78, 5) is 17.5. The van der Waals surface area contributed by atoms with Gasteiger partial charge in [-0.2, -0.15) is 0 Å². The van der Waals surface area contributed by atoms with Crippen LogP contribution in [0.25, 0.3) is 11.0 Å². The molecular weight excluding hydrogens is 442 g/mol. The third kappa shape index (κ3) is 5.79. The zero-order valence-corrected chi connectivity index (χ0v) is 19.8. The number of urea groups is 1. The van der Waals surface area contributed by atoms with Gasteiger partial charge in [0.1, 0.15) is 5.76 Å². The Kier molecular flexibility index (Phi) is 7.75. The van der Waals surface area contributed by atoms with Gasteiger partial charge in [-0.25, -0.2) is 4.79 Å². The van der Waals surface area contributed by atoms with Crippen LogP contribution in [0.2, 0.25) is 5.02 Å². The van der Waals surface area contributed by atoms with Crippen molar-refractivity contribution in [3.05, 3.63) is 59.3 Å². The average Bonchev–Trinajstić information content (AvgIpc) is 3.28. The lowest BCUT2D eigenvalue weighted by atomic mass is 10.2. The highest BCUT2D eigenvalue weighted by Crippen LogP contribution is 2.33. The van der Waals surface area contributed by atoms with Crippen LogP contribution in [0.1, 0.15) is 25.1 Å². The molecule has 7 nitrogen and oxygen atoms in total. The van der Waals surface area contributed by atoms with Gasteiger partial charge in [-0.05, 0) is 49.7 Å². The standard InChI is InChI=1S/C25H30ClN3O4/c1-18(23-17-19-5-3-6-22(31-2)24(19)33-23)29(12-4-11-28-13-15-32-16-14-28)25(30)27-21-9-7-20(26)8-10-21/h3,5-10,17-18H,4,11-16H2,1-2H3,(H,27,30)/t18-/m1/s1. The van der Waals surface area contributed by atoms with Crippen molar-refractivity contribution in [3.8, 4) is 5.75 Å². The lowest BCUT2D eigenvalue weighted by Crippen LogP contribution is -2.41. The molecule has 3 aromatic rings. The van der Waals surface area contributed by atoms with Crippen LogP contribution in [-0.2, 0) is 4.74 Å². The fourth-order valence-corrected chi connectivity index (χ4v) is 4.19. The number of benzene rings is 2. The summed E-state index contributed by atoms with van der Waals surface area (Å²) in [5.74, 6) is 1.39. The smallest absolute Gasteiger partial charge is 0.322 e. The number of anilines is 1. The number of fused-ring (bicyclic) bond motifs is 1. The van der Waals surface area contributed by atoms with Crippen molar-refractivity contribution in [2.45, 2.75) is 19.4 Å². The molecule has 8 heteroatoms. The Morgan fingerprint density at radius 2 is 1.97 bits per heavy atom. The average molecular weight is 472 g/mol. The second kappa shape index (κ2) is 10.9. The van der Waals surface area contributed by atoms with Gasteiger partial charge in [0.2, 0.25) is 0 Å². The van der Waals surface area contributed by atoms with Gasteiger partial charge >= 0.3 is 6.03 Å². The monoisotopic (exact) mass is 471 g/mol. The van der Waals surface area contributed by atoms with E-state index in [-0.39, 0.29) is 12.1 Å². The van der Waals surface area contributed by atoms with Crippen LogP contribution >= 0.6 is 11.6 Å². The third-order valence-corrected chi connectivity index (χ3v) is 6.21. The van der Waals surface area contributed by atoms with E-state index in [1.54, 1.807) is 31.4 Å². The number of ether oxygens (including phenoxy) is 2. The number of morpholine rings is 1.